The van der Waals surface area contributed by atoms with Gasteiger partial charge in [-0.15, -0.1) is 11.3 Å². The fourth-order valence-corrected chi connectivity index (χ4v) is 4.45. The van der Waals surface area contributed by atoms with Crippen molar-refractivity contribution < 1.29 is 8.78 Å². The molecule has 25 heavy (non-hydrogen) atoms. The summed E-state index contributed by atoms with van der Waals surface area (Å²) in [5.41, 5.74) is 2.47. The van der Waals surface area contributed by atoms with Gasteiger partial charge in [0.05, 0.1) is 0 Å². The van der Waals surface area contributed by atoms with Gasteiger partial charge >= 0.3 is 0 Å². The number of benzene rings is 2. The van der Waals surface area contributed by atoms with E-state index in [1.54, 1.807) is 23.5 Å². The lowest BCUT2D eigenvalue weighted by Gasteiger charge is -2.24. The van der Waals surface area contributed by atoms with Gasteiger partial charge in [-0.2, -0.15) is 0 Å². The average Bonchev–Trinajstić information content (AvgIpc) is 3.03. The van der Waals surface area contributed by atoms with Gasteiger partial charge in [-0.1, -0.05) is 55.2 Å². The normalized spacial score (nSPS) is 14.5. The minimum absolute atomic E-state index is 0.312. The Hall–Kier alpha value is -2.00. The molecular weight excluding hydrogens is 334 g/mol. The zero-order chi connectivity index (χ0) is 17.4. The molecule has 2 aromatic carbocycles. The lowest BCUT2D eigenvalue weighted by atomic mass is 9.83. The van der Waals surface area contributed by atoms with Gasteiger partial charge in [0.25, 0.3) is 0 Å². The highest BCUT2D eigenvalue weighted by atomic mass is 32.1. The van der Waals surface area contributed by atoms with Crippen LogP contribution in [0.15, 0.2) is 48.5 Å². The quantitative estimate of drug-likeness (QED) is 0.472. The number of hydrogen-bond acceptors (Lipinski definition) is 1. The van der Waals surface area contributed by atoms with Crippen LogP contribution in [0.1, 0.15) is 29.7 Å². The van der Waals surface area contributed by atoms with Crippen molar-refractivity contribution in [3.8, 4) is 21.6 Å². The van der Waals surface area contributed by atoms with E-state index in [-0.39, 0.29) is 0 Å². The summed E-state index contributed by atoms with van der Waals surface area (Å²) in [6.45, 7) is 1.97. The molecule has 1 aliphatic rings. The van der Waals surface area contributed by atoms with Crippen LogP contribution in [0.25, 0.3) is 21.6 Å². The Morgan fingerprint density at radius 2 is 1.56 bits per heavy atom. The van der Waals surface area contributed by atoms with Crippen LogP contribution in [-0.4, -0.2) is 0 Å². The van der Waals surface area contributed by atoms with Crippen molar-refractivity contribution in [1.82, 2.24) is 0 Å². The highest BCUT2D eigenvalue weighted by molar-refractivity contribution is 7.15. The van der Waals surface area contributed by atoms with Crippen LogP contribution in [0, 0.1) is 24.5 Å². The third kappa shape index (κ3) is 3.25. The summed E-state index contributed by atoms with van der Waals surface area (Å²) in [7, 11) is 0. The second kappa shape index (κ2) is 6.72. The molecule has 1 saturated carbocycles. The topological polar surface area (TPSA) is 0 Å². The first kappa shape index (κ1) is 16.5. The second-order valence-corrected chi connectivity index (χ2v) is 8.09. The summed E-state index contributed by atoms with van der Waals surface area (Å²) in [5, 5.41) is 0. The summed E-state index contributed by atoms with van der Waals surface area (Å²) in [5.74, 6) is -0.748. The Balaban J connectivity index is 1.64. The van der Waals surface area contributed by atoms with Crippen LogP contribution in [0.2, 0.25) is 0 Å². The third-order valence-corrected chi connectivity index (χ3v) is 6.23. The predicted octanol–water partition coefficient (Wildman–Crippen LogP) is 7.01. The van der Waals surface area contributed by atoms with E-state index >= 15 is 0 Å². The largest absolute Gasteiger partial charge is 0.203 e. The molecule has 128 valence electrons. The third-order valence-electron chi connectivity index (χ3n) is 5.09. The van der Waals surface area contributed by atoms with Crippen LogP contribution in [0.3, 0.4) is 0 Å². The maximum absolute atomic E-state index is 14.7. The first-order chi connectivity index (χ1) is 12.1. The molecule has 0 spiro atoms. The van der Waals surface area contributed by atoms with Gasteiger partial charge in [-0.3, -0.25) is 0 Å². The summed E-state index contributed by atoms with van der Waals surface area (Å²) in [6.07, 6.45) is 4.97. The van der Waals surface area contributed by atoms with Crippen molar-refractivity contribution >= 4 is 11.3 Å². The highest BCUT2D eigenvalue weighted by Gasteiger charge is 2.20. The molecule has 3 heteroatoms. The van der Waals surface area contributed by atoms with Gasteiger partial charge in [0.2, 0.25) is 0 Å². The van der Waals surface area contributed by atoms with E-state index in [4.69, 9.17) is 0 Å². The Kier molecular flexibility index (Phi) is 4.43. The summed E-state index contributed by atoms with van der Waals surface area (Å²) in [6, 6.07) is 14.8. The first-order valence-electron chi connectivity index (χ1n) is 8.76. The number of halogens is 2. The van der Waals surface area contributed by atoms with Gasteiger partial charge in [0.1, 0.15) is 0 Å². The van der Waals surface area contributed by atoms with Gasteiger partial charge in [-0.25, -0.2) is 8.78 Å². The van der Waals surface area contributed by atoms with E-state index in [9.17, 15) is 8.78 Å². The van der Waals surface area contributed by atoms with E-state index in [0.29, 0.717) is 16.7 Å². The molecule has 0 bridgehead atoms. The van der Waals surface area contributed by atoms with Crippen LogP contribution < -0.4 is 0 Å². The fourth-order valence-electron chi connectivity index (χ4n) is 3.31. The molecular formula is C22H20F2S. The standard InChI is InChI=1S/C22H20F2S/c1-14-5-7-16(8-6-14)18-10-11-19(22(24)21(18)23)20-12-9-17(25-20)13-15-3-2-4-15/h5-12,15H,2-4,13H2,1H3. The molecule has 3 aromatic rings. The molecule has 0 unspecified atom stereocenters. The monoisotopic (exact) mass is 354 g/mol. The summed E-state index contributed by atoms with van der Waals surface area (Å²) >= 11 is 1.58. The maximum atomic E-state index is 14.7. The first-order valence-corrected chi connectivity index (χ1v) is 9.57. The SMILES string of the molecule is Cc1ccc(-c2ccc(-c3ccc(CC4CCC4)s3)c(F)c2F)cc1. The van der Waals surface area contributed by atoms with Gasteiger partial charge in [0, 0.05) is 20.9 Å². The Morgan fingerprint density at radius 1 is 0.880 bits per heavy atom. The molecule has 1 heterocycles. The number of hydrogen-bond donors (Lipinski definition) is 0. The lowest BCUT2D eigenvalue weighted by molar-refractivity contribution is 0.316. The van der Waals surface area contributed by atoms with E-state index in [1.807, 2.05) is 37.3 Å². The highest BCUT2D eigenvalue weighted by Crippen LogP contribution is 2.37. The molecule has 1 aromatic heterocycles. The average molecular weight is 354 g/mol. The molecule has 1 fully saturated rings. The van der Waals surface area contributed by atoms with Crippen LogP contribution in [0.5, 0.6) is 0 Å². The van der Waals surface area contributed by atoms with Gasteiger partial charge in [-0.05, 0) is 43.0 Å². The Bertz CT molecular complexity index is 889. The second-order valence-electron chi connectivity index (χ2n) is 6.92. The fraction of sp³-hybridized carbons (Fsp3) is 0.273. The summed E-state index contributed by atoms with van der Waals surface area (Å²) < 4.78 is 29.3. The Labute approximate surface area is 151 Å². The smallest absolute Gasteiger partial charge is 0.168 e. The molecule has 0 radical (unpaired) electrons. The Morgan fingerprint density at radius 3 is 2.24 bits per heavy atom. The number of thiophene rings is 1. The van der Waals surface area contributed by atoms with Gasteiger partial charge < -0.3 is 0 Å². The maximum Gasteiger partial charge on any atom is 0.168 e. The van der Waals surface area contributed by atoms with E-state index in [1.165, 1.54) is 24.1 Å². The molecule has 1 aliphatic carbocycles. The predicted molar refractivity (Wildman–Crippen MR) is 101 cm³/mol. The van der Waals surface area contributed by atoms with Crippen molar-refractivity contribution in [3.63, 3.8) is 0 Å². The van der Waals surface area contributed by atoms with Crippen LogP contribution in [-0.2, 0) is 6.42 Å². The molecule has 0 nitrogen and oxygen atoms in total. The van der Waals surface area contributed by atoms with Crippen LogP contribution in [0.4, 0.5) is 8.78 Å². The molecule has 0 aliphatic heterocycles. The molecule has 0 saturated heterocycles. The van der Waals surface area contributed by atoms with Crippen LogP contribution >= 0.6 is 11.3 Å². The van der Waals surface area contributed by atoms with E-state index in [0.717, 1.165) is 22.8 Å². The van der Waals surface area contributed by atoms with Gasteiger partial charge in [0.15, 0.2) is 11.6 Å². The molecule has 0 amide bonds. The summed E-state index contributed by atoms with van der Waals surface area (Å²) in [4.78, 5) is 2.07. The molecule has 4 rings (SSSR count). The lowest BCUT2D eigenvalue weighted by Crippen LogP contribution is -2.12. The van der Waals surface area contributed by atoms with E-state index in [2.05, 4.69) is 6.07 Å². The van der Waals surface area contributed by atoms with Crippen molar-refractivity contribution in [2.24, 2.45) is 5.92 Å². The number of aryl methyl sites for hydroxylation is 1. The van der Waals surface area contributed by atoms with Crippen molar-refractivity contribution in [3.05, 3.63) is 70.6 Å². The number of rotatable bonds is 4. The van der Waals surface area contributed by atoms with Crippen molar-refractivity contribution in [1.29, 1.82) is 0 Å². The van der Waals surface area contributed by atoms with E-state index < -0.39 is 11.6 Å². The molecule has 0 N–H and O–H groups in total. The minimum atomic E-state index is -0.768. The molecule has 0 atom stereocenters. The minimum Gasteiger partial charge on any atom is -0.203 e. The zero-order valence-corrected chi connectivity index (χ0v) is 15.0. The van der Waals surface area contributed by atoms with Crippen molar-refractivity contribution in [2.45, 2.75) is 32.6 Å². The van der Waals surface area contributed by atoms with Crippen molar-refractivity contribution in [2.75, 3.05) is 0 Å². The zero-order valence-electron chi connectivity index (χ0n) is 14.2.